The summed E-state index contributed by atoms with van der Waals surface area (Å²) in [5, 5.41) is 0.415. The Kier molecular flexibility index (Phi) is 4.11. The summed E-state index contributed by atoms with van der Waals surface area (Å²) in [6, 6.07) is 5.47. The van der Waals surface area contributed by atoms with Crippen molar-refractivity contribution in [1.82, 2.24) is 0 Å². The molecule has 0 aliphatic rings. The van der Waals surface area contributed by atoms with Gasteiger partial charge in [-0.15, -0.1) is 0 Å². The molecular formula is C8H8BrF2NO. The Morgan fingerprint density at radius 3 is 2.69 bits per heavy atom. The van der Waals surface area contributed by atoms with E-state index in [9.17, 15) is 8.87 Å². The molecule has 0 spiro atoms. The number of hydrogen-bond donors (Lipinski definition) is 0. The molecule has 0 aliphatic carbocycles. The average molecular weight is 252 g/mol. The lowest BCUT2D eigenvalue weighted by molar-refractivity contribution is 0.0275. The molecule has 13 heavy (non-hydrogen) atoms. The van der Waals surface area contributed by atoms with E-state index in [2.05, 4.69) is 20.8 Å². The number of para-hydroxylation sites is 1. The van der Waals surface area contributed by atoms with Crippen LogP contribution in [0.5, 0.6) is 0 Å². The molecule has 1 aromatic carbocycles. The summed E-state index contributed by atoms with van der Waals surface area (Å²) >= 11 is 3.06. The maximum Gasteiger partial charge on any atom is 0.151 e. The van der Waals surface area contributed by atoms with Gasteiger partial charge in [0.15, 0.2) is 5.82 Å². The first-order valence-corrected chi connectivity index (χ1v) is 4.77. The number of nitrogens with zero attached hydrogens (tertiary/aromatic N) is 1. The van der Waals surface area contributed by atoms with E-state index in [0.29, 0.717) is 5.33 Å². The SMILES string of the molecule is Fc1ccccc1N(F)OCCBr. The van der Waals surface area contributed by atoms with E-state index in [1.807, 2.05) is 0 Å². The molecule has 1 rings (SSSR count). The highest BCUT2D eigenvalue weighted by molar-refractivity contribution is 9.09. The van der Waals surface area contributed by atoms with Crippen LogP contribution < -0.4 is 5.29 Å². The topological polar surface area (TPSA) is 12.5 Å². The molecule has 0 N–H and O–H groups in total. The van der Waals surface area contributed by atoms with Gasteiger partial charge in [-0.05, 0) is 12.1 Å². The van der Waals surface area contributed by atoms with Crippen LogP contribution in [0.3, 0.4) is 0 Å². The predicted molar refractivity (Wildman–Crippen MR) is 49.7 cm³/mol. The number of benzene rings is 1. The monoisotopic (exact) mass is 251 g/mol. The van der Waals surface area contributed by atoms with Gasteiger partial charge in [0.25, 0.3) is 0 Å². The van der Waals surface area contributed by atoms with Crippen LogP contribution in [-0.2, 0) is 4.84 Å². The minimum Gasteiger partial charge on any atom is -0.244 e. The van der Waals surface area contributed by atoms with E-state index in [0.717, 1.165) is 0 Å². The van der Waals surface area contributed by atoms with E-state index in [-0.39, 0.29) is 17.6 Å². The first-order chi connectivity index (χ1) is 6.25. The van der Waals surface area contributed by atoms with Gasteiger partial charge in [0.2, 0.25) is 0 Å². The Morgan fingerprint density at radius 1 is 1.38 bits per heavy atom. The molecule has 0 amide bonds. The number of rotatable bonds is 4. The molecular weight excluding hydrogens is 244 g/mol. The van der Waals surface area contributed by atoms with Crippen molar-refractivity contribution in [3.8, 4) is 0 Å². The highest BCUT2D eigenvalue weighted by Gasteiger charge is 2.09. The molecule has 0 aromatic heterocycles. The lowest BCUT2D eigenvalue weighted by Gasteiger charge is -2.12. The Labute approximate surface area is 83.1 Å². The van der Waals surface area contributed by atoms with Gasteiger partial charge < -0.3 is 0 Å². The summed E-state index contributed by atoms with van der Waals surface area (Å²) in [5.41, 5.74) is -0.219. The molecule has 0 bridgehead atoms. The fourth-order valence-electron chi connectivity index (χ4n) is 0.778. The van der Waals surface area contributed by atoms with Crippen molar-refractivity contribution >= 4 is 21.6 Å². The first-order valence-electron chi connectivity index (χ1n) is 3.65. The molecule has 0 saturated carbocycles. The quantitative estimate of drug-likeness (QED) is 0.464. The molecule has 0 atom stereocenters. The highest BCUT2D eigenvalue weighted by atomic mass is 79.9. The van der Waals surface area contributed by atoms with Crippen LogP contribution >= 0.6 is 15.9 Å². The molecule has 1 aromatic rings. The van der Waals surface area contributed by atoms with Gasteiger partial charge in [-0.1, -0.05) is 37.8 Å². The summed E-state index contributed by atoms with van der Waals surface area (Å²) in [6.07, 6.45) is 0. The zero-order valence-corrected chi connectivity index (χ0v) is 8.30. The largest absolute Gasteiger partial charge is 0.244 e. The summed E-state index contributed by atoms with van der Waals surface area (Å²) < 4.78 is 25.8. The van der Waals surface area contributed by atoms with Crippen molar-refractivity contribution < 1.29 is 13.7 Å². The minimum absolute atomic E-state index is 0.0728. The lowest BCUT2D eigenvalue weighted by atomic mass is 10.3. The summed E-state index contributed by atoms with van der Waals surface area (Å²) in [5.74, 6) is -0.653. The van der Waals surface area contributed by atoms with Crippen LogP contribution in [0, 0.1) is 5.82 Å². The van der Waals surface area contributed by atoms with E-state index in [1.165, 1.54) is 24.3 Å². The fourth-order valence-corrected chi connectivity index (χ4v) is 0.923. The van der Waals surface area contributed by atoms with E-state index in [4.69, 9.17) is 0 Å². The van der Waals surface area contributed by atoms with Crippen LogP contribution in [-0.4, -0.2) is 11.9 Å². The Balaban J connectivity index is 2.65. The maximum absolute atomic E-state index is 12.9. The van der Waals surface area contributed by atoms with Gasteiger partial charge in [-0.25, -0.2) is 9.23 Å². The van der Waals surface area contributed by atoms with E-state index >= 15 is 0 Å². The molecule has 0 unspecified atom stereocenters. The standard InChI is InChI=1S/C8H8BrF2NO/c9-5-6-13-12(11)8-4-2-1-3-7(8)10/h1-4H,5-6H2. The van der Waals surface area contributed by atoms with Crippen LogP contribution in [0.25, 0.3) is 0 Å². The molecule has 5 heteroatoms. The minimum atomic E-state index is -0.653. The summed E-state index contributed by atoms with van der Waals surface area (Å²) in [6.45, 7) is 0.144. The smallest absolute Gasteiger partial charge is 0.151 e. The molecule has 2 nitrogen and oxygen atoms in total. The number of anilines is 1. The lowest BCUT2D eigenvalue weighted by Crippen LogP contribution is -2.15. The normalized spacial score (nSPS) is 10.1. The summed E-state index contributed by atoms with van der Waals surface area (Å²) in [4.78, 5) is 4.54. The van der Waals surface area contributed by atoms with Crippen molar-refractivity contribution in [2.75, 3.05) is 17.2 Å². The van der Waals surface area contributed by atoms with E-state index in [1.54, 1.807) is 0 Å². The van der Waals surface area contributed by atoms with E-state index < -0.39 is 5.82 Å². The van der Waals surface area contributed by atoms with Crippen molar-refractivity contribution in [2.24, 2.45) is 0 Å². The second kappa shape index (κ2) is 5.14. The second-order valence-electron chi connectivity index (χ2n) is 2.22. The van der Waals surface area contributed by atoms with Crippen molar-refractivity contribution in [2.45, 2.75) is 0 Å². The second-order valence-corrected chi connectivity index (χ2v) is 3.01. The Morgan fingerprint density at radius 2 is 2.08 bits per heavy atom. The zero-order valence-electron chi connectivity index (χ0n) is 6.71. The van der Waals surface area contributed by atoms with Gasteiger partial charge >= 0.3 is 0 Å². The molecule has 0 aliphatic heterocycles. The van der Waals surface area contributed by atoms with Gasteiger partial charge in [0, 0.05) is 5.33 Å². The Hall–Kier alpha value is -0.680. The van der Waals surface area contributed by atoms with Crippen molar-refractivity contribution in [3.63, 3.8) is 0 Å². The van der Waals surface area contributed by atoms with Gasteiger partial charge in [0.1, 0.15) is 5.69 Å². The van der Waals surface area contributed by atoms with Gasteiger partial charge in [0.05, 0.1) is 6.61 Å². The summed E-state index contributed by atoms with van der Waals surface area (Å²) in [7, 11) is 0. The highest BCUT2D eigenvalue weighted by Crippen LogP contribution is 2.18. The molecule has 0 fully saturated rings. The van der Waals surface area contributed by atoms with Gasteiger partial charge in [-0.3, -0.25) is 0 Å². The van der Waals surface area contributed by atoms with Gasteiger partial charge in [-0.2, -0.15) is 0 Å². The molecule has 0 heterocycles. The third-order valence-corrected chi connectivity index (χ3v) is 1.65. The Bertz CT molecular complexity index is 272. The van der Waals surface area contributed by atoms with Crippen LogP contribution in [0.1, 0.15) is 0 Å². The predicted octanol–water partition coefficient (Wildman–Crippen LogP) is 2.84. The van der Waals surface area contributed by atoms with Crippen LogP contribution in [0.2, 0.25) is 0 Å². The zero-order chi connectivity index (χ0) is 9.68. The van der Waals surface area contributed by atoms with Crippen LogP contribution in [0.4, 0.5) is 14.6 Å². The molecule has 72 valence electrons. The van der Waals surface area contributed by atoms with Crippen LogP contribution in [0.15, 0.2) is 24.3 Å². The molecule has 0 saturated heterocycles. The first kappa shape index (κ1) is 10.4. The fraction of sp³-hybridized carbons (Fsp3) is 0.250. The number of hydrogen-bond acceptors (Lipinski definition) is 2. The third-order valence-electron chi connectivity index (χ3n) is 1.32. The average Bonchev–Trinajstić information content (AvgIpc) is 2.15. The molecule has 0 radical (unpaired) electrons. The van der Waals surface area contributed by atoms with Crippen molar-refractivity contribution in [3.05, 3.63) is 30.1 Å². The number of alkyl halides is 1. The third kappa shape index (κ3) is 2.93. The van der Waals surface area contributed by atoms with Crippen molar-refractivity contribution in [1.29, 1.82) is 0 Å². The maximum atomic E-state index is 12.9. The number of halogens is 3.